The van der Waals surface area contributed by atoms with Crippen molar-refractivity contribution in [2.45, 2.75) is 25.2 Å². The summed E-state index contributed by atoms with van der Waals surface area (Å²) in [7, 11) is 1.69. The number of carbonyl (C=O) groups excluding carboxylic acids is 1. The van der Waals surface area contributed by atoms with Crippen LogP contribution in [0.25, 0.3) is 0 Å². The van der Waals surface area contributed by atoms with Gasteiger partial charge in [0, 0.05) is 36.3 Å². The molecule has 25 heavy (non-hydrogen) atoms. The first kappa shape index (κ1) is 17.5. The maximum absolute atomic E-state index is 12.6. The zero-order chi connectivity index (χ0) is 17.7. The van der Waals surface area contributed by atoms with Gasteiger partial charge in [-0.15, -0.1) is 0 Å². The van der Waals surface area contributed by atoms with Crippen molar-refractivity contribution in [3.05, 3.63) is 65.2 Å². The molecule has 0 saturated carbocycles. The van der Waals surface area contributed by atoms with Crippen LogP contribution in [0.1, 0.15) is 34.3 Å². The second-order valence-corrected chi connectivity index (χ2v) is 6.64. The third-order valence-electron chi connectivity index (χ3n) is 5.03. The molecule has 0 bridgehead atoms. The molecule has 1 aliphatic rings. The lowest BCUT2D eigenvalue weighted by Crippen LogP contribution is -2.44. The summed E-state index contributed by atoms with van der Waals surface area (Å²) in [5.41, 5.74) is 2.81. The highest BCUT2D eigenvalue weighted by Crippen LogP contribution is 2.39. The summed E-state index contributed by atoms with van der Waals surface area (Å²) in [4.78, 5) is 12.6. The Morgan fingerprint density at radius 1 is 1.12 bits per heavy atom. The molecule has 1 saturated heterocycles. The van der Waals surface area contributed by atoms with Crippen LogP contribution >= 0.6 is 0 Å². The number of ether oxygens (including phenoxy) is 2. The highest BCUT2D eigenvalue weighted by molar-refractivity contribution is 5.94. The molecule has 0 atom stereocenters. The SMILES string of the molecule is COc1ccccc1C1(CNC(=O)c2ccc(C)cc2)CCOCC1. The molecule has 1 fully saturated rings. The number of hydrogen-bond acceptors (Lipinski definition) is 3. The fraction of sp³-hybridized carbons (Fsp3) is 0.381. The van der Waals surface area contributed by atoms with Crippen LogP contribution in [0, 0.1) is 6.92 Å². The summed E-state index contributed by atoms with van der Waals surface area (Å²) in [5.74, 6) is 0.828. The number of para-hydroxylation sites is 1. The van der Waals surface area contributed by atoms with E-state index >= 15 is 0 Å². The minimum absolute atomic E-state index is 0.0410. The molecule has 2 aromatic carbocycles. The van der Waals surface area contributed by atoms with E-state index in [0.29, 0.717) is 25.3 Å². The van der Waals surface area contributed by atoms with Crippen molar-refractivity contribution in [2.24, 2.45) is 0 Å². The lowest BCUT2D eigenvalue weighted by molar-refractivity contribution is 0.0479. The Balaban J connectivity index is 1.81. The molecule has 1 heterocycles. The normalized spacial score (nSPS) is 16.2. The van der Waals surface area contributed by atoms with Crippen LogP contribution in [-0.2, 0) is 10.2 Å². The highest BCUT2D eigenvalue weighted by atomic mass is 16.5. The van der Waals surface area contributed by atoms with Crippen molar-refractivity contribution in [2.75, 3.05) is 26.9 Å². The van der Waals surface area contributed by atoms with E-state index in [1.165, 1.54) is 0 Å². The maximum atomic E-state index is 12.6. The number of rotatable bonds is 5. The van der Waals surface area contributed by atoms with Gasteiger partial charge in [0.2, 0.25) is 0 Å². The number of carbonyl (C=O) groups is 1. The quantitative estimate of drug-likeness (QED) is 0.907. The predicted octanol–water partition coefficient (Wildman–Crippen LogP) is 3.48. The minimum atomic E-state index is -0.161. The Morgan fingerprint density at radius 2 is 1.80 bits per heavy atom. The first-order valence-corrected chi connectivity index (χ1v) is 8.71. The summed E-state index contributed by atoms with van der Waals surface area (Å²) >= 11 is 0. The Labute approximate surface area is 149 Å². The standard InChI is InChI=1S/C21H25NO3/c1-16-7-9-17(10-8-16)20(23)22-15-21(11-13-25-14-12-21)18-5-3-4-6-19(18)24-2/h3-10H,11-15H2,1-2H3,(H,22,23). The van der Waals surface area contributed by atoms with Gasteiger partial charge in [-0.05, 0) is 38.0 Å². The lowest BCUT2D eigenvalue weighted by atomic mass is 9.73. The van der Waals surface area contributed by atoms with E-state index in [4.69, 9.17) is 9.47 Å². The fourth-order valence-electron chi connectivity index (χ4n) is 3.44. The zero-order valence-electron chi connectivity index (χ0n) is 14.9. The van der Waals surface area contributed by atoms with Crippen LogP contribution in [0.4, 0.5) is 0 Å². The van der Waals surface area contributed by atoms with Crippen LogP contribution in [0.3, 0.4) is 0 Å². The second kappa shape index (κ2) is 7.70. The molecular formula is C21H25NO3. The molecule has 132 valence electrons. The summed E-state index contributed by atoms with van der Waals surface area (Å²) in [6.07, 6.45) is 1.73. The van der Waals surface area contributed by atoms with E-state index in [0.717, 1.165) is 29.7 Å². The van der Waals surface area contributed by atoms with Crippen LogP contribution < -0.4 is 10.1 Å². The molecule has 0 spiro atoms. The van der Waals surface area contributed by atoms with Gasteiger partial charge in [0.1, 0.15) is 5.75 Å². The van der Waals surface area contributed by atoms with Gasteiger partial charge in [-0.25, -0.2) is 0 Å². The van der Waals surface area contributed by atoms with Gasteiger partial charge < -0.3 is 14.8 Å². The van der Waals surface area contributed by atoms with E-state index in [2.05, 4.69) is 11.4 Å². The van der Waals surface area contributed by atoms with Gasteiger partial charge in [0.25, 0.3) is 5.91 Å². The molecule has 1 N–H and O–H groups in total. The highest BCUT2D eigenvalue weighted by Gasteiger charge is 2.37. The van der Waals surface area contributed by atoms with Crippen molar-refractivity contribution in [3.63, 3.8) is 0 Å². The number of benzene rings is 2. The van der Waals surface area contributed by atoms with Gasteiger partial charge in [-0.3, -0.25) is 4.79 Å². The molecule has 0 aromatic heterocycles. The van der Waals surface area contributed by atoms with E-state index in [1.807, 2.05) is 49.4 Å². The Bertz CT molecular complexity index is 718. The first-order valence-electron chi connectivity index (χ1n) is 8.71. The van der Waals surface area contributed by atoms with Gasteiger partial charge in [0.15, 0.2) is 0 Å². The van der Waals surface area contributed by atoms with Gasteiger partial charge >= 0.3 is 0 Å². The van der Waals surface area contributed by atoms with Gasteiger partial charge in [0.05, 0.1) is 7.11 Å². The Morgan fingerprint density at radius 3 is 2.48 bits per heavy atom. The molecule has 2 aromatic rings. The minimum Gasteiger partial charge on any atom is -0.496 e. The molecule has 4 nitrogen and oxygen atoms in total. The van der Waals surface area contributed by atoms with E-state index in [1.54, 1.807) is 7.11 Å². The Hall–Kier alpha value is -2.33. The third kappa shape index (κ3) is 3.85. The zero-order valence-corrected chi connectivity index (χ0v) is 14.9. The van der Waals surface area contributed by atoms with Crippen LogP contribution in [-0.4, -0.2) is 32.8 Å². The van der Waals surface area contributed by atoms with Crippen molar-refractivity contribution < 1.29 is 14.3 Å². The summed E-state index contributed by atoms with van der Waals surface area (Å²) < 4.78 is 11.1. The molecule has 0 aliphatic carbocycles. The second-order valence-electron chi connectivity index (χ2n) is 6.64. The number of amides is 1. The Kier molecular flexibility index (Phi) is 5.39. The number of methoxy groups -OCH3 is 1. The average Bonchev–Trinajstić information content (AvgIpc) is 2.67. The molecule has 3 rings (SSSR count). The number of hydrogen-bond donors (Lipinski definition) is 1. The summed E-state index contributed by atoms with van der Waals surface area (Å²) in [6, 6.07) is 15.7. The molecule has 4 heteroatoms. The van der Waals surface area contributed by atoms with Crippen LogP contribution in [0.5, 0.6) is 5.75 Å². The first-order chi connectivity index (χ1) is 12.1. The number of aryl methyl sites for hydroxylation is 1. The topological polar surface area (TPSA) is 47.6 Å². The molecule has 1 aliphatic heterocycles. The predicted molar refractivity (Wildman–Crippen MR) is 98.2 cm³/mol. The lowest BCUT2D eigenvalue weighted by Gasteiger charge is -2.38. The summed E-state index contributed by atoms with van der Waals surface area (Å²) in [5, 5.41) is 3.13. The van der Waals surface area contributed by atoms with E-state index in [9.17, 15) is 4.79 Å². The smallest absolute Gasteiger partial charge is 0.251 e. The van der Waals surface area contributed by atoms with Gasteiger partial charge in [-0.1, -0.05) is 35.9 Å². The van der Waals surface area contributed by atoms with Crippen LogP contribution in [0.2, 0.25) is 0 Å². The molecular weight excluding hydrogens is 314 g/mol. The number of nitrogens with one attached hydrogen (secondary N) is 1. The average molecular weight is 339 g/mol. The van der Waals surface area contributed by atoms with E-state index in [-0.39, 0.29) is 11.3 Å². The van der Waals surface area contributed by atoms with Gasteiger partial charge in [-0.2, -0.15) is 0 Å². The third-order valence-corrected chi connectivity index (χ3v) is 5.03. The molecule has 0 unspecified atom stereocenters. The monoisotopic (exact) mass is 339 g/mol. The van der Waals surface area contributed by atoms with Crippen molar-refractivity contribution in [3.8, 4) is 5.75 Å². The summed E-state index contributed by atoms with van der Waals surface area (Å²) in [6.45, 7) is 3.97. The largest absolute Gasteiger partial charge is 0.496 e. The maximum Gasteiger partial charge on any atom is 0.251 e. The fourth-order valence-corrected chi connectivity index (χ4v) is 3.44. The van der Waals surface area contributed by atoms with Crippen LogP contribution in [0.15, 0.2) is 48.5 Å². The van der Waals surface area contributed by atoms with Crippen molar-refractivity contribution in [1.29, 1.82) is 0 Å². The van der Waals surface area contributed by atoms with Crippen molar-refractivity contribution in [1.82, 2.24) is 5.32 Å². The molecule has 0 radical (unpaired) electrons. The van der Waals surface area contributed by atoms with Crippen molar-refractivity contribution >= 4 is 5.91 Å². The van der Waals surface area contributed by atoms with E-state index < -0.39 is 0 Å². The molecule has 1 amide bonds.